The minimum absolute atomic E-state index is 0.00826. The molecule has 2 N–H and O–H groups in total. The third-order valence-electron chi connectivity index (χ3n) is 7.51. The topological polar surface area (TPSA) is 85.2 Å². The molecule has 0 aromatic heterocycles. The maximum Gasteiger partial charge on any atom is 0.416 e. The van der Waals surface area contributed by atoms with Crippen molar-refractivity contribution in [3.63, 3.8) is 0 Å². The molecule has 1 unspecified atom stereocenters. The number of halogens is 4. The Morgan fingerprint density at radius 3 is 2.42 bits per heavy atom. The molecule has 1 saturated heterocycles. The van der Waals surface area contributed by atoms with Crippen molar-refractivity contribution < 1.29 is 27.2 Å². The molecule has 10 heteroatoms. The van der Waals surface area contributed by atoms with Gasteiger partial charge in [-0.2, -0.15) is 18.4 Å². The second-order valence-corrected chi connectivity index (χ2v) is 9.47. The summed E-state index contributed by atoms with van der Waals surface area (Å²) in [6.07, 6.45) is -1.96. The van der Waals surface area contributed by atoms with Crippen molar-refractivity contribution in [2.75, 3.05) is 18.4 Å². The second-order valence-electron chi connectivity index (χ2n) is 9.47. The summed E-state index contributed by atoms with van der Waals surface area (Å²) in [6.45, 7) is -0.0567. The predicted molar refractivity (Wildman–Crippen MR) is 112 cm³/mol. The molecule has 33 heavy (non-hydrogen) atoms. The van der Waals surface area contributed by atoms with Crippen LogP contribution in [0.3, 0.4) is 0 Å². The molecule has 2 amide bonds. The molecule has 6 nitrogen and oxygen atoms in total. The van der Waals surface area contributed by atoms with Crippen molar-refractivity contribution in [2.24, 2.45) is 5.41 Å². The van der Waals surface area contributed by atoms with Crippen LogP contribution < -0.4 is 10.6 Å². The minimum atomic E-state index is -4.48. The number of carbonyl (C=O) groups is 2. The molecule has 4 fully saturated rings. The first-order valence-corrected chi connectivity index (χ1v) is 11.1. The lowest BCUT2D eigenvalue weighted by Crippen LogP contribution is -2.59. The summed E-state index contributed by atoms with van der Waals surface area (Å²) < 4.78 is 52.5. The average Bonchev–Trinajstić information content (AvgIpc) is 3.19. The van der Waals surface area contributed by atoms with E-state index in [0.717, 1.165) is 12.1 Å². The number of rotatable bonds is 5. The van der Waals surface area contributed by atoms with Crippen molar-refractivity contribution in [1.82, 2.24) is 10.2 Å². The Bertz CT molecular complexity index is 949. The zero-order valence-corrected chi connectivity index (χ0v) is 18.1. The number of fused-ring (bicyclic) bond motifs is 3. The van der Waals surface area contributed by atoms with Crippen molar-refractivity contribution in [2.45, 2.75) is 68.9 Å². The van der Waals surface area contributed by atoms with Gasteiger partial charge < -0.3 is 15.5 Å². The Kier molecular flexibility index (Phi) is 6.12. The highest BCUT2D eigenvalue weighted by atomic mass is 19.4. The van der Waals surface area contributed by atoms with Crippen LogP contribution in [0.5, 0.6) is 0 Å². The zero-order chi connectivity index (χ0) is 23.9. The zero-order valence-electron chi connectivity index (χ0n) is 18.1. The molecule has 2 atom stereocenters. The van der Waals surface area contributed by atoms with E-state index in [0.29, 0.717) is 38.5 Å². The van der Waals surface area contributed by atoms with Gasteiger partial charge in [0, 0.05) is 23.1 Å². The summed E-state index contributed by atoms with van der Waals surface area (Å²) in [5, 5.41) is 15.1. The molecule has 1 aromatic carbocycles. The maximum absolute atomic E-state index is 13.6. The van der Waals surface area contributed by atoms with Gasteiger partial charge in [-0.3, -0.25) is 9.59 Å². The lowest BCUT2D eigenvalue weighted by atomic mass is 9.57. The number of nitrogens with zero attached hydrogens (tertiary/aromatic N) is 2. The standard InChI is InChI=1S/C23H26F4N4O2/c24-16-11-18(12-28)31(14-16)19(32)13-29-22-7-4-21(5-8-22,6-9-22)20(33)30-17-3-1-2-15(10-17)23(25,26)27/h1-3,10,16,18,29H,4-9,11,13-14H2,(H,30,33)/t16-,18?,21?,22?/m0/s1. The van der Waals surface area contributed by atoms with E-state index in [1.807, 2.05) is 6.07 Å². The molecule has 3 saturated carbocycles. The Morgan fingerprint density at radius 2 is 1.82 bits per heavy atom. The van der Waals surface area contributed by atoms with Gasteiger partial charge in [-0.25, -0.2) is 4.39 Å². The van der Waals surface area contributed by atoms with E-state index in [1.54, 1.807) is 0 Å². The molecule has 3 aliphatic carbocycles. The minimum Gasteiger partial charge on any atom is -0.326 e. The molecular formula is C23H26F4N4O2. The van der Waals surface area contributed by atoms with E-state index < -0.39 is 29.4 Å². The Labute approximate surface area is 189 Å². The number of amides is 2. The molecule has 178 valence electrons. The number of carbonyl (C=O) groups excluding carboxylic acids is 2. The summed E-state index contributed by atoms with van der Waals surface area (Å²) in [5.74, 6) is -0.574. The molecule has 1 aliphatic heterocycles. The van der Waals surface area contributed by atoms with Crippen molar-refractivity contribution in [3.05, 3.63) is 29.8 Å². The number of benzene rings is 1. The van der Waals surface area contributed by atoms with E-state index in [1.165, 1.54) is 17.0 Å². The van der Waals surface area contributed by atoms with Gasteiger partial charge >= 0.3 is 6.18 Å². The van der Waals surface area contributed by atoms with E-state index in [9.17, 15) is 27.2 Å². The van der Waals surface area contributed by atoms with Crippen LogP contribution >= 0.6 is 0 Å². The van der Waals surface area contributed by atoms with E-state index in [2.05, 4.69) is 10.6 Å². The number of alkyl halides is 4. The largest absolute Gasteiger partial charge is 0.416 e. The van der Waals surface area contributed by atoms with Gasteiger partial charge in [-0.15, -0.1) is 0 Å². The second kappa shape index (κ2) is 8.60. The highest BCUT2D eigenvalue weighted by Crippen LogP contribution is 2.52. The van der Waals surface area contributed by atoms with Gasteiger partial charge in [0.05, 0.1) is 24.7 Å². The highest BCUT2D eigenvalue weighted by Gasteiger charge is 2.52. The fourth-order valence-corrected chi connectivity index (χ4v) is 5.38. The van der Waals surface area contributed by atoms with E-state index in [-0.39, 0.29) is 42.6 Å². The third kappa shape index (κ3) is 4.69. The van der Waals surface area contributed by atoms with Gasteiger partial charge in [0.2, 0.25) is 11.8 Å². The van der Waals surface area contributed by atoms with Crippen LogP contribution in [0.2, 0.25) is 0 Å². The van der Waals surface area contributed by atoms with Crippen LogP contribution in [-0.4, -0.2) is 47.6 Å². The predicted octanol–water partition coefficient (Wildman–Crippen LogP) is 3.79. The first-order valence-electron chi connectivity index (χ1n) is 11.1. The van der Waals surface area contributed by atoms with Crippen LogP contribution in [0.15, 0.2) is 24.3 Å². The first kappa shape index (κ1) is 23.5. The quantitative estimate of drug-likeness (QED) is 0.647. The number of nitrogens with one attached hydrogen (secondary N) is 2. The molecule has 1 aromatic rings. The number of hydrogen-bond donors (Lipinski definition) is 2. The summed E-state index contributed by atoms with van der Waals surface area (Å²) in [4.78, 5) is 26.8. The smallest absolute Gasteiger partial charge is 0.326 e. The first-order chi connectivity index (χ1) is 15.6. The van der Waals surface area contributed by atoms with Gasteiger partial charge in [0.1, 0.15) is 12.2 Å². The van der Waals surface area contributed by atoms with Crippen molar-refractivity contribution in [1.29, 1.82) is 5.26 Å². The third-order valence-corrected chi connectivity index (χ3v) is 7.51. The number of hydrogen-bond acceptors (Lipinski definition) is 4. The highest BCUT2D eigenvalue weighted by molar-refractivity contribution is 5.95. The van der Waals surface area contributed by atoms with Crippen molar-refractivity contribution >= 4 is 17.5 Å². The van der Waals surface area contributed by atoms with Crippen molar-refractivity contribution in [3.8, 4) is 6.07 Å². The van der Waals surface area contributed by atoms with Crippen LogP contribution in [0.25, 0.3) is 0 Å². The number of anilines is 1. The Balaban J connectivity index is 1.34. The van der Waals surface area contributed by atoms with Crippen LogP contribution in [0.1, 0.15) is 50.5 Å². The lowest BCUT2D eigenvalue weighted by Gasteiger charge is -2.52. The van der Waals surface area contributed by atoms with Crippen LogP contribution in [-0.2, 0) is 15.8 Å². The molecule has 5 rings (SSSR count). The molecule has 4 aliphatic rings. The Hall–Kier alpha value is -2.67. The van der Waals surface area contributed by atoms with Crippen LogP contribution in [0, 0.1) is 16.7 Å². The average molecular weight is 466 g/mol. The molecule has 2 bridgehead atoms. The fourth-order valence-electron chi connectivity index (χ4n) is 5.38. The number of nitriles is 1. The fraction of sp³-hybridized carbons (Fsp3) is 0.609. The normalized spacial score (nSPS) is 31.3. The summed E-state index contributed by atoms with van der Waals surface area (Å²) in [7, 11) is 0. The molecule has 1 heterocycles. The maximum atomic E-state index is 13.6. The lowest BCUT2D eigenvalue weighted by molar-refractivity contribution is -0.137. The monoisotopic (exact) mass is 466 g/mol. The van der Waals surface area contributed by atoms with Gasteiger partial charge in [0.25, 0.3) is 0 Å². The van der Waals surface area contributed by atoms with Gasteiger partial charge in [-0.1, -0.05) is 6.07 Å². The van der Waals surface area contributed by atoms with E-state index in [4.69, 9.17) is 5.26 Å². The SMILES string of the molecule is N#CC1C[C@H](F)CN1C(=O)CNC12CCC(C(=O)Nc3cccc(C(F)(F)F)c3)(CC1)CC2. The summed E-state index contributed by atoms with van der Waals surface area (Å²) >= 11 is 0. The number of likely N-dealkylation sites (tertiary alicyclic amines) is 1. The van der Waals surface area contributed by atoms with Gasteiger partial charge in [-0.05, 0) is 56.7 Å². The molecule has 0 radical (unpaired) electrons. The van der Waals surface area contributed by atoms with E-state index >= 15 is 0 Å². The molecule has 0 spiro atoms. The van der Waals surface area contributed by atoms with Crippen LogP contribution in [0.4, 0.5) is 23.2 Å². The molecular weight excluding hydrogens is 440 g/mol. The summed E-state index contributed by atoms with van der Waals surface area (Å²) in [5.41, 5.74) is -1.62. The summed E-state index contributed by atoms with van der Waals surface area (Å²) in [6, 6.07) is 5.85. The van der Waals surface area contributed by atoms with Gasteiger partial charge in [0.15, 0.2) is 0 Å². The Morgan fingerprint density at radius 1 is 1.15 bits per heavy atom.